The van der Waals surface area contributed by atoms with Crippen LogP contribution in [-0.2, 0) is 0 Å². The molecule has 0 aliphatic heterocycles. The lowest BCUT2D eigenvalue weighted by atomic mass is 10.00. The van der Waals surface area contributed by atoms with Crippen LogP contribution >= 0.6 is 0 Å². The molecule has 0 heterocycles. The molecule has 1 aromatic rings. The van der Waals surface area contributed by atoms with Crippen LogP contribution < -0.4 is 0 Å². The van der Waals surface area contributed by atoms with Gasteiger partial charge < -0.3 is 0 Å². The molecule has 0 fully saturated rings. The van der Waals surface area contributed by atoms with Crippen molar-refractivity contribution in [2.75, 3.05) is 0 Å². The van der Waals surface area contributed by atoms with Gasteiger partial charge in [-0.25, -0.2) is 0 Å². The first-order valence-corrected chi connectivity index (χ1v) is 5.24. The summed E-state index contributed by atoms with van der Waals surface area (Å²) in [5, 5.41) is 0. The Labute approximate surface area is 92.6 Å². The molecule has 1 rings (SSSR count). The van der Waals surface area contributed by atoms with Crippen molar-refractivity contribution in [1.29, 1.82) is 0 Å². The molecule has 0 unspecified atom stereocenters. The summed E-state index contributed by atoms with van der Waals surface area (Å²) >= 11 is 0. The second-order valence-electron chi connectivity index (χ2n) is 3.58. The highest BCUT2D eigenvalue weighted by Crippen LogP contribution is 2.20. The van der Waals surface area contributed by atoms with E-state index >= 15 is 0 Å². The maximum Gasteiger partial charge on any atom is -0.0179 e. The quantitative estimate of drug-likeness (QED) is 0.622. The van der Waals surface area contributed by atoms with Crippen LogP contribution in [0.3, 0.4) is 0 Å². The van der Waals surface area contributed by atoms with Gasteiger partial charge in [-0.3, -0.25) is 0 Å². The van der Waals surface area contributed by atoms with Crippen LogP contribution in [0.2, 0.25) is 0 Å². The molecule has 0 aliphatic rings. The van der Waals surface area contributed by atoms with Crippen molar-refractivity contribution in [1.82, 2.24) is 0 Å². The van der Waals surface area contributed by atoms with E-state index in [-0.39, 0.29) is 0 Å². The van der Waals surface area contributed by atoms with Gasteiger partial charge in [0.05, 0.1) is 0 Å². The molecule has 0 spiro atoms. The Morgan fingerprint density at radius 2 is 1.93 bits per heavy atom. The predicted octanol–water partition coefficient (Wildman–Crippen LogP) is 4.62. The van der Waals surface area contributed by atoms with Gasteiger partial charge in [-0.2, -0.15) is 0 Å². The highest BCUT2D eigenvalue weighted by molar-refractivity contribution is 5.75. The molecule has 15 heavy (non-hydrogen) atoms. The van der Waals surface area contributed by atoms with Crippen molar-refractivity contribution >= 4 is 11.6 Å². The monoisotopic (exact) mass is 198 g/mol. The summed E-state index contributed by atoms with van der Waals surface area (Å²) in [4.78, 5) is 0. The van der Waals surface area contributed by atoms with Crippen LogP contribution in [0, 0.1) is 6.92 Å². The van der Waals surface area contributed by atoms with Crippen LogP contribution in [-0.4, -0.2) is 0 Å². The minimum atomic E-state index is 1.17. The summed E-state index contributed by atoms with van der Waals surface area (Å²) in [6, 6.07) is 6.50. The molecule has 0 aromatic heterocycles. The topological polar surface area (TPSA) is 0 Å². The fraction of sp³-hybridized carbons (Fsp3) is 0.200. The third-order valence-corrected chi connectivity index (χ3v) is 2.33. The normalized spacial score (nSPS) is 12.1. The van der Waals surface area contributed by atoms with E-state index in [1.165, 1.54) is 22.3 Å². The predicted molar refractivity (Wildman–Crippen MR) is 69.7 cm³/mol. The molecular formula is C15H18. The first-order chi connectivity index (χ1) is 7.21. The van der Waals surface area contributed by atoms with E-state index in [0.29, 0.717) is 0 Å². The lowest BCUT2D eigenvalue weighted by molar-refractivity contribution is 1.43. The van der Waals surface area contributed by atoms with E-state index in [0.717, 1.165) is 0 Å². The van der Waals surface area contributed by atoms with Gasteiger partial charge in [0, 0.05) is 0 Å². The maximum absolute atomic E-state index is 3.81. The van der Waals surface area contributed by atoms with Gasteiger partial charge >= 0.3 is 0 Å². The zero-order valence-corrected chi connectivity index (χ0v) is 9.75. The molecule has 1 aromatic carbocycles. The van der Waals surface area contributed by atoms with E-state index < -0.39 is 0 Å². The van der Waals surface area contributed by atoms with Crippen molar-refractivity contribution < 1.29 is 0 Å². The van der Waals surface area contributed by atoms with Gasteiger partial charge in [-0.1, -0.05) is 43.0 Å². The van der Waals surface area contributed by atoms with Gasteiger partial charge in [0.2, 0.25) is 0 Å². The average molecular weight is 198 g/mol. The molecular weight excluding hydrogens is 180 g/mol. The average Bonchev–Trinajstić information content (AvgIpc) is 2.24. The number of benzene rings is 1. The van der Waals surface area contributed by atoms with Gasteiger partial charge in [0.1, 0.15) is 0 Å². The molecule has 0 saturated heterocycles. The SMILES string of the molecule is C=Cc1cc(C)cc(C(/C=C\C)=C/C)c1. The van der Waals surface area contributed by atoms with E-state index in [1.54, 1.807) is 0 Å². The zero-order valence-electron chi connectivity index (χ0n) is 9.75. The van der Waals surface area contributed by atoms with Gasteiger partial charge in [-0.05, 0) is 49.1 Å². The summed E-state index contributed by atoms with van der Waals surface area (Å²) in [5.74, 6) is 0. The number of aryl methyl sites for hydroxylation is 1. The van der Waals surface area contributed by atoms with Crippen LogP contribution in [0.25, 0.3) is 11.6 Å². The number of hydrogen-bond acceptors (Lipinski definition) is 0. The van der Waals surface area contributed by atoms with Crippen LogP contribution in [0.1, 0.15) is 30.5 Å². The zero-order chi connectivity index (χ0) is 11.3. The number of rotatable bonds is 3. The van der Waals surface area contributed by atoms with Crippen LogP contribution in [0.5, 0.6) is 0 Å². The minimum absolute atomic E-state index is 1.17. The molecule has 78 valence electrons. The Morgan fingerprint density at radius 3 is 2.47 bits per heavy atom. The highest BCUT2D eigenvalue weighted by Gasteiger charge is 1.99. The fourth-order valence-corrected chi connectivity index (χ4v) is 1.64. The largest absolute Gasteiger partial charge is 0.0985 e. The Balaban J connectivity index is 3.24. The van der Waals surface area contributed by atoms with Gasteiger partial charge in [0.15, 0.2) is 0 Å². The Morgan fingerprint density at radius 1 is 1.20 bits per heavy atom. The third-order valence-electron chi connectivity index (χ3n) is 2.33. The standard InChI is InChI=1S/C15H18/c1-5-8-14(7-3)15-10-12(4)9-13(6-2)11-15/h5-11H,2H2,1,3-4H3/b8-5-,14-7+. The number of hydrogen-bond donors (Lipinski definition) is 0. The molecule has 0 N–H and O–H groups in total. The van der Waals surface area contributed by atoms with Crippen molar-refractivity contribution in [2.45, 2.75) is 20.8 Å². The summed E-state index contributed by atoms with van der Waals surface area (Å²) in [6.07, 6.45) is 8.20. The Hall–Kier alpha value is -1.56. The second kappa shape index (κ2) is 5.35. The lowest BCUT2D eigenvalue weighted by Gasteiger charge is -2.05. The molecule has 0 nitrogen and oxygen atoms in total. The summed E-state index contributed by atoms with van der Waals surface area (Å²) in [7, 11) is 0. The number of allylic oxidation sites excluding steroid dienone is 4. The van der Waals surface area contributed by atoms with E-state index in [2.05, 4.69) is 56.9 Å². The molecule has 0 atom stereocenters. The molecule has 0 amide bonds. The molecule has 0 radical (unpaired) electrons. The Bertz CT molecular complexity index is 406. The first-order valence-electron chi connectivity index (χ1n) is 5.24. The van der Waals surface area contributed by atoms with Crippen LogP contribution in [0.15, 0.2) is 43.0 Å². The minimum Gasteiger partial charge on any atom is -0.0985 e. The first kappa shape index (κ1) is 11.5. The summed E-state index contributed by atoms with van der Waals surface area (Å²) in [6.45, 7) is 10.0. The third kappa shape index (κ3) is 2.95. The van der Waals surface area contributed by atoms with E-state index in [9.17, 15) is 0 Å². The smallest absolute Gasteiger partial charge is 0.0179 e. The van der Waals surface area contributed by atoms with Gasteiger partial charge in [0.25, 0.3) is 0 Å². The lowest BCUT2D eigenvalue weighted by Crippen LogP contribution is -1.85. The van der Waals surface area contributed by atoms with Gasteiger partial charge in [-0.15, -0.1) is 0 Å². The van der Waals surface area contributed by atoms with Crippen LogP contribution in [0.4, 0.5) is 0 Å². The fourth-order valence-electron chi connectivity index (χ4n) is 1.64. The van der Waals surface area contributed by atoms with Crippen molar-refractivity contribution in [3.05, 3.63) is 59.7 Å². The van der Waals surface area contributed by atoms with Crippen molar-refractivity contribution in [2.24, 2.45) is 0 Å². The summed E-state index contributed by atoms with van der Waals surface area (Å²) < 4.78 is 0. The maximum atomic E-state index is 3.81. The van der Waals surface area contributed by atoms with E-state index in [1.807, 2.05) is 13.0 Å². The Kier molecular flexibility index (Phi) is 4.11. The summed E-state index contributed by atoms with van der Waals surface area (Å²) in [5.41, 5.74) is 4.95. The van der Waals surface area contributed by atoms with Crippen molar-refractivity contribution in [3.63, 3.8) is 0 Å². The second-order valence-corrected chi connectivity index (χ2v) is 3.58. The van der Waals surface area contributed by atoms with E-state index in [4.69, 9.17) is 0 Å². The highest BCUT2D eigenvalue weighted by atomic mass is 14.0. The molecule has 0 saturated carbocycles. The molecule has 0 aliphatic carbocycles. The molecule has 0 bridgehead atoms. The van der Waals surface area contributed by atoms with Crippen molar-refractivity contribution in [3.8, 4) is 0 Å². The molecule has 0 heteroatoms.